The van der Waals surface area contributed by atoms with E-state index in [2.05, 4.69) is 17.3 Å². The molecule has 0 saturated heterocycles. The highest BCUT2D eigenvalue weighted by Crippen LogP contribution is 2.23. The fraction of sp³-hybridized carbons (Fsp3) is 0.158. The van der Waals surface area contributed by atoms with Gasteiger partial charge in [-0.1, -0.05) is 49.7 Å². The Balaban J connectivity index is 1.80. The lowest BCUT2D eigenvalue weighted by Crippen LogP contribution is -2.17. The molecule has 0 saturated carbocycles. The standard InChI is InChI=1S/C19H19N3O2/c1-2-9-17-18(14-20-22(17)16-12-7-4-8-13-16)24-19(23)21-15-10-5-3-6-11-15/h3-8,10-14H,2,9H2,1H3,(H,21,23). The molecular formula is C19H19N3O2. The highest BCUT2D eigenvalue weighted by molar-refractivity contribution is 5.86. The minimum Gasteiger partial charge on any atom is -0.406 e. The summed E-state index contributed by atoms with van der Waals surface area (Å²) in [4.78, 5) is 12.1. The van der Waals surface area contributed by atoms with Crippen LogP contribution in [0.25, 0.3) is 5.69 Å². The SMILES string of the molecule is CCCc1c(OC(=O)Nc2ccccc2)cnn1-c1ccccc1. The summed E-state index contributed by atoms with van der Waals surface area (Å²) in [6.45, 7) is 2.08. The normalized spacial score (nSPS) is 10.4. The maximum atomic E-state index is 12.1. The zero-order valence-corrected chi connectivity index (χ0v) is 13.5. The highest BCUT2D eigenvalue weighted by Gasteiger charge is 2.16. The zero-order valence-electron chi connectivity index (χ0n) is 13.5. The number of hydrogen-bond acceptors (Lipinski definition) is 3. The van der Waals surface area contributed by atoms with E-state index in [1.165, 1.54) is 0 Å². The van der Waals surface area contributed by atoms with Crippen LogP contribution in [0.15, 0.2) is 66.9 Å². The van der Waals surface area contributed by atoms with Crippen molar-refractivity contribution in [1.29, 1.82) is 0 Å². The van der Waals surface area contributed by atoms with Gasteiger partial charge in [0, 0.05) is 5.69 Å². The lowest BCUT2D eigenvalue weighted by atomic mass is 10.2. The number of nitrogens with one attached hydrogen (secondary N) is 1. The lowest BCUT2D eigenvalue weighted by molar-refractivity contribution is 0.214. The molecule has 1 heterocycles. The maximum absolute atomic E-state index is 12.1. The second-order valence-electron chi connectivity index (χ2n) is 5.33. The molecule has 0 aliphatic carbocycles. The zero-order chi connectivity index (χ0) is 16.8. The van der Waals surface area contributed by atoms with Gasteiger partial charge in [0.05, 0.1) is 17.6 Å². The molecule has 0 aliphatic heterocycles. The van der Waals surface area contributed by atoms with Crippen LogP contribution in [0.2, 0.25) is 0 Å². The first kappa shape index (κ1) is 15.8. The van der Waals surface area contributed by atoms with Crippen molar-refractivity contribution in [3.8, 4) is 11.4 Å². The summed E-state index contributed by atoms with van der Waals surface area (Å²) in [6, 6.07) is 19.0. The molecule has 5 heteroatoms. The Morgan fingerprint density at radius 1 is 1.08 bits per heavy atom. The summed E-state index contributed by atoms with van der Waals surface area (Å²) in [6.07, 6.45) is 2.76. The molecule has 0 unspecified atom stereocenters. The number of ether oxygens (including phenoxy) is 1. The number of hydrogen-bond donors (Lipinski definition) is 1. The van der Waals surface area contributed by atoms with Crippen molar-refractivity contribution >= 4 is 11.8 Å². The predicted molar refractivity (Wildman–Crippen MR) is 93.6 cm³/mol. The Kier molecular flexibility index (Phi) is 4.91. The van der Waals surface area contributed by atoms with Crippen molar-refractivity contribution in [3.05, 3.63) is 72.6 Å². The van der Waals surface area contributed by atoms with E-state index in [1.807, 2.05) is 65.3 Å². The lowest BCUT2D eigenvalue weighted by Gasteiger charge is -2.09. The van der Waals surface area contributed by atoms with Gasteiger partial charge in [0.2, 0.25) is 0 Å². The van der Waals surface area contributed by atoms with Crippen LogP contribution in [-0.2, 0) is 6.42 Å². The first-order chi connectivity index (χ1) is 11.8. The number of nitrogens with zero attached hydrogens (tertiary/aromatic N) is 2. The van der Waals surface area contributed by atoms with Gasteiger partial charge in [-0.05, 0) is 30.7 Å². The molecule has 3 aromatic rings. The third-order valence-electron chi connectivity index (χ3n) is 3.54. The Morgan fingerprint density at radius 3 is 2.42 bits per heavy atom. The number of para-hydroxylation sites is 2. The molecular weight excluding hydrogens is 302 g/mol. The van der Waals surface area contributed by atoms with Crippen molar-refractivity contribution in [2.75, 3.05) is 5.32 Å². The number of rotatable bonds is 5. The number of carbonyl (C=O) groups is 1. The van der Waals surface area contributed by atoms with E-state index in [9.17, 15) is 4.79 Å². The van der Waals surface area contributed by atoms with Crippen LogP contribution in [0.4, 0.5) is 10.5 Å². The third-order valence-corrected chi connectivity index (χ3v) is 3.54. The van der Waals surface area contributed by atoms with Gasteiger partial charge in [0.25, 0.3) is 0 Å². The number of aromatic nitrogens is 2. The summed E-state index contributed by atoms with van der Waals surface area (Å²) in [5.74, 6) is 0.481. The Bertz CT molecular complexity index is 798. The largest absolute Gasteiger partial charge is 0.417 e. The topological polar surface area (TPSA) is 56.1 Å². The quantitative estimate of drug-likeness (QED) is 0.756. The van der Waals surface area contributed by atoms with Crippen molar-refractivity contribution < 1.29 is 9.53 Å². The highest BCUT2D eigenvalue weighted by atomic mass is 16.6. The van der Waals surface area contributed by atoms with Gasteiger partial charge in [-0.15, -0.1) is 0 Å². The van der Waals surface area contributed by atoms with Gasteiger partial charge in [0.1, 0.15) is 0 Å². The minimum absolute atomic E-state index is 0.481. The third kappa shape index (κ3) is 3.63. The van der Waals surface area contributed by atoms with Crippen LogP contribution >= 0.6 is 0 Å². The first-order valence-electron chi connectivity index (χ1n) is 7.94. The van der Waals surface area contributed by atoms with Gasteiger partial charge in [-0.2, -0.15) is 5.10 Å². The van der Waals surface area contributed by atoms with E-state index in [0.29, 0.717) is 11.4 Å². The Hall–Kier alpha value is -3.08. The van der Waals surface area contributed by atoms with Crippen LogP contribution in [0.3, 0.4) is 0 Å². The molecule has 2 aromatic carbocycles. The van der Waals surface area contributed by atoms with Crippen LogP contribution in [0, 0.1) is 0 Å². The Morgan fingerprint density at radius 2 is 1.75 bits per heavy atom. The fourth-order valence-corrected chi connectivity index (χ4v) is 2.47. The maximum Gasteiger partial charge on any atom is 0.417 e. The summed E-state index contributed by atoms with van der Waals surface area (Å²) in [5, 5.41) is 7.09. The number of carbonyl (C=O) groups excluding carboxylic acids is 1. The number of benzene rings is 2. The van der Waals surface area contributed by atoms with Gasteiger partial charge in [0.15, 0.2) is 5.75 Å². The predicted octanol–water partition coefficient (Wildman–Crippen LogP) is 4.44. The molecule has 0 fully saturated rings. The molecule has 0 spiro atoms. The second kappa shape index (κ2) is 7.46. The number of amides is 1. The monoisotopic (exact) mass is 321 g/mol. The molecule has 1 N–H and O–H groups in total. The van der Waals surface area contributed by atoms with E-state index < -0.39 is 6.09 Å². The smallest absolute Gasteiger partial charge is 0.406 e. The molecule has 1 aromatic heterocycles. The van der Waals surface area contributed by atoms with E-state index >= 15 is 0 Å². The van der Waals surface area contributed by atoms with Crippen LogP contribution in [0.1, 0.15) is 19.0 Å². The second-order valence-corrected chi connectivity index (χ2v) is 5.33. The molecule has 3 rings (SSSR count). The summed E-state index contributed by atoms with van der Waals surface area (Å²) in [7, 11) is 0. The van der Waals surface area contributed by atoms with Gasteiger partial charge < -0.3 is 4.74 Å². The molecule has 24 heavy (non-hydrogen) atoms. The number of anilines is 1. The molecule has 122 valence electrons. The summed E-state index contributed by atoms with van der Waals surface area (Å²) >= 11 is 0. The molecule has 0 atom stereocenters. The summed E-state index contributed by atoms with van der Waals surface area (Å²) < 4.78 is 7.28. The molecule has 0 bridgehead atoms. The van der Waals surface area contributed by atoms with Crippen LogP contribution in [-0.4, -0.2) is 15.9 Å². The van der Waals surface area contributed by atoms with Crippen LogP contribution in [0.5, 0.6) is 5.75 Å². The average Bonchev–Trinajstić information content (AvgIpc) is 2.99. The van der Waals surface area contributed by atoms with Gasteiger partial charge in [-0.3, -0.25) is 5.32 Å². The van der Waals surface area contributed by atoms with E-state index in [1.54, 1.807) is 6.20 Å². The first-order valence-corrected chi connectivity index (χ1v) is 7.94. The molecule has 5 nitrogen and oxygen atoms in total. The van der Waals surface area contributed by atoms with E-state index in [4.69, 9.17) is 4.74 Å². The molecule has 0 radical (unpaired) electrons. The fourth-order valence-electron chi connectivity index (χ4n) is 2.47. The average molecular weight is 321 g/mol. The van der Waals surface area contributed by atoms with Crippen molar-refractivity contribution in [2.24, 2.45) is 0 Å². The van der Waals surface area contributed by atoms with Crippen molar-refractivity contribution in [2.45, 2.75) is 19.8 Å². The summed E-state index contributed by atoms with van der Waals surface area (Å²) in [5.41, 5.74) is 2.51. The Labute approximate surface area is 140 Å². The van der Waals surface area contributed by atoms with Crippen molar-refractivity contribution in [3.63, 3.8) is 0 Å². The molecule has 0 aliphatic rings. The minimum atomic E-state index is -0.522. The molecule has 1 amide bonds. The van der Waals surface area contributed by atoms with Gasteiger partial charge >= 0.3 is 6.09 Å². The van der Waals surface area contributed by atoms with Crippen LogP contribution < -0.4 is 10.1 Å². The van der Waals surface area contributed by atoms with E-state index in [0.717, 1.165) is 24.2 Å². The van der Waals surface area contributed by atoms with Gasteiger partial charge in [-0.25, -0.2) is 9.48 Å². The van der Waals surface area contributed by atoms with E-state index in [-0.39, 0.29) is 0 Å². The van der Waals surface area contributed by atoms with Crippen molar-refractivity contribution in [1.82, 2.24) is 9.78 Å².